The first-order chi connectivity index (χ1) is 13.1. The van der Waals surface area contributed by atoms with Crippen molar-refractivity contribution >= 4 is 50.0 Å². The highest BCUT2D eigenvalue weighted by atomic mass is 32.1. The summed E-state index contributed by atoms with van der Waals surface area (Å²) in [6.07, 6.45) is 3.56. The molecule has 0 atom stereocenters. The number of amides is 1. The molecule has 3 aromatic rings. The van der Waals surface area contributed by atoms with Crippen LogP contribution >= 0.6 is 22.7 Å². The van der Waals surface area contributed by atoms with E-state index in [0.29, 0.717) is 6.54 Å². The summed E-state index contributed by atoms with van der Waals surface area (Å²) in [6.45, 7) is 10.1. The zero-order chi connectivity index (χ0) is 19.2. The van der Waals surface area contributed by atoms with E-state index in [-0.39, 0.29) is 5.91 Å². The number of aryl methyl sites for hydroxylation is 1. The fraction of sp³-hybridized carbons (Fsp3) is 0.333. The van der Waals surface area contributed by atoms with E-state index in [2.05, 4.69) is 32.9 Å². The van der Waals surface area contributed by atoms with Gasteiger partial charge in [0.25, 0.3) is 5.91 Å². The molecule has 1 aromatic carbocycles. The van der Waals surface area contributed by atoms with Crippen molar-refractivity contribution < 1.29 is 9.69 Å². The van der Waals surface area contributed by atoms with Gasteiger partial charge in [0.05, 0.1) is 36.4 Å². The zero-order valence-corrected chi connectivity index (χ0v) is 17.7. The Hall–Kier alpha value is -2.02. The molecule has 0 fully saturated rings. The molecule has 6 heteroatoms. The molecule has 0 unspecified atom stereocenters. The predicted molar refractivity (Wildman–Crippen MR) is 117 cm³/mol. The maximum Gasteiger partial charge on any atom is 0.253 e. The standard InChI is InChI=1S/C21H25N3OS2/c1-4-23(5-2)12-13-24(20(25)11-9-17-7-6-14-26-17)21-22-18-10-8-16(3)15-19(18)27-21/h6-11,14-15H,4-5,12-13H2,1-3H3/p+1/b11-9+. The zero-order valence-electron chi connectivity index (χ0n) is 16.1. The molecule has 0 aliphatic heterocycles. The summed E-state index contributed by atoms with van der Waals surface area (Å²) in [5.41, 5.74) is 2.16. The van der Waals surface area contributed by atoms with Gasteiger partial charge in [-0.05, 0) is 56.0 Å². The molecule has 142 valence electrons. The first-order valence-electron chi connectivity index (χ1n) is 9.34. The van der Waals surface area contributed by atoms with E-state index in [1.165, 1.54) is 10.5 Å². The number of anilines is 1. The number of likely N-dealkylation sites (N-methyl/N-ethyl adjacent to an activating group) is 1. The Morgan fingerprint density at radius 1 is 1.26 bits per heavy atom. The Balaban J connectivity index is 1.86. The lowest BCUT2D eigenvalue weighted by Crippen LogP contribution is -3.12. The van der Waals surface area contributed by atoms with E-state index < -0.39 is 0 Å². The molecule has 0 aliphatic rings. The van der Waals surface area contributed by atoms with Gasteiger partial charge in [0.2, 0.25) is 0 Å². The third-order valence-electron chi connectivity index (χ3n) is 4.65. The average molecular weight is 401 g/mol. The van der Waals surface area contributed by atoms with Crippen LogP contribution in [0.1, 0.15) is 24.3 Å². The molecule has 2 aromatic heterocycles. The Labute approximate surface area is 168 Å². The number of thiazole rings is 1. The van der Waals surface area contributed by atoms with Crippen molar-refractivity contribution in [3.63, 3.8) is 0 Å². The van der Waals surface area contributed by atoms with Crippen LogP contribution in [-0.4, -0.2) is 37.1 Å². The summed E-state index contributed by atoms with van der Waals surface area (Å²) in [7, 11) is 0. The number of quaternary nitrogens is 1. The fourth-order valence-corrected chi connectivity index (χ4v) is 4.65. The quantitative estimate of drug-likeness (QED) is 0.586. The summed E-state index contributed by atoms with van der Waals surface area (Å²) >= 11 is 3.22. The van der Waals surface area contributed by atoms with Gasteiger partial charge in [-0.3, -0.25) is 9.69 Å². The second kappa shape index (κ2) is 9.26. The van der Waals surface area contributed by atoms with Gasteiger partial charge in [-0.2, -0.15) is 0 Å². The maximum absolute atomic E-state index is 13.0. The molecule has 4 nitrogen and oxygen atoms in total. The molecule has 2 heterocycles. The van der Waals surface area contributed by atoms with Crippen LogP contribution in [-0.2, 0) is 4.79 Å². The Morgan fingerprint density at radius 2 is 2.07 bits per heavy atom. The molecule has 1 N–H and O–H groups in total. The van der Waals surface area contributed by atoms with Gasteiger partial charge in [0, 0.05) is 11.0 Å². The van der Waals surface area contributed by atoms with Crippen LogP contribution in [0.15, 0.2) is 41.8 Å². The van der Waals surface area contributed by atoms with Gasteiger partial charge in [-0.1, -0.05) is 23.5 Å². The molecule has 0 saturated heterocycles. The van der Waals surface area contributed by atoms with Crippen molar-refractivity contribution in [1.82, 2.24) is 4.98 Å². The minimum Gasteiger partial charge on any atom is -0.334 e. The Bertz CT molecular complexity index is 911. The van der Waals surface area contributed by atoms with Crippen molar-refractivity contribution in [2.24, 2.45) is 0 Å². The topological polar surface area (TPSA) is 37.6 Å². The number of hydrogen-bond acceptors (Lipinski definition) is 4. The van der Waals surface area contributed by atoms with E-state index in [4.69, 9.17) is 4.98 Å². The van der Waals surface area contributed by atoms with Crippen LogP contribution in [0.2, 0.25) is 0 Å². The maximum atomic E-state index is 13.0. The third-order valence-corrected chi connectivity index (χ3v) is 6.53. The van der Waals surface area contributed by atoms with Gasteiger partial charge in [0.1, 0.15) is 0 Å². The number of aromatic nitrogens is 1. The van der Waals surface area contributed by atoms with Crippen molar-refractivity contribution in [2.45, 2.75) is 20.8 Å². The minimum absolute atomic E-state index is 0.00858. The fourth-order valence-electron chi connectivity index (χ4n) is 2.94. The number of hydrogen-bond donors (Lipinski definition) is 1. The van der Waals surface area contributed by atoms with E-state index in [1.54, 1.807) is 28.7 Å². The van der Waals surface area contributed by atoms with E-state index >= 15 is 0 Å². The largest absolute Gasteiger partial charge is 0.334 e. The lowest BCUT2D eigenvalue weighted by Gasteiger charge is -2.21. The van der Waals surface area contributed by atoms with Crippen LogP contribution in [0.4, 0.5) is 5.13 Å². The van der Waals surface area contributed by atoms with Crippen molar-refractivity contribution in [2.75, 3.05) is 31.1 Å². The summed E-state index contributed by atoms with van der Waals surface area (Å²) in [6, 6.07) is 10.2. The molecular weight excluding hydrogens is 374 g/mol. The van der Waals surface area contributed by atoms with E-state index in [0.717, 1.165) is 39.9 Å². The molecule has 3 rings (SSSR count). The van der Waals surface area contributed by atoms with Crippen LogP contribution in [0.3, 0.4) is 0 Å². The predicted octanol–water partition coefficient (Wildman–Crippen LogP) is 3.64. The first kappa shape index (κ1) is 19.7. The molecular formula is C21H26N3OS2+. The van der Waals surface area contributed by atoms with Gasteiger partial charge in [-0.15, -0.1) is 11.3 Å². The highest BCUT2D eigenvalue weighted by Crippen LogP contribution is 2.29. The molecule has 0 aliphatic carbocycles. The monoisotopic (exact) mass is 400 g/mol. The van der Waals surface area contributed by atoms with Gasteiger partial charge >= 0.3 is 0 Å². The average Bonchev–Trinajstić information content (AvgIpc) is 3.32. The number of fused-ring (bicyclic) bond motifs is 1. The van der Waals surface area contributed by atoms with Crippen molar-refractivity contribution in [3.8, 4) is 0 Å². The smallest absolute Gasteiger partial charge is 0.253 e. The van der Waals surface area contributed by atoms with Crippen LogP contribution < -0.4 is 9.80 Å². The number of nitrogens with zero attached hydrogens (tertiary/aromatic N) is 2. The summed E-state index contributed by atoms with van der Waals surface area (Å²) < 4.78 is 1.13. The second-order valence-electron chi connectivity index (χ2n) is 6.51. The molecule has 0 spiro atoms. The van der Waals surface area contributed by atoms with E-state index in [9.17, 15) is 4.79 Å². The first-order valence-corrected chi connectivity index (χ1v) is 11.0. The SMILES string of the molecule is CC[NH+](CC)CCN(C(=O)/C=C/c1cccs1)c1nc2ccc(C)cc2s1. The number of carbonyl (C=O) groups excluding carboxylic acids is 1. The lowest BCUT2D eigenvalue weighted by atomic mass is 10.2. The summed E-state index contributed by atoms with van der Waals surface area (Å²) in [5, 5.41) is 2.80. The van der Waals surface area contributed by atoms with Gasteiger partial charge in [0.15, 0.2) is 5.13 Å². The Morgan fingerprint density at radius 3 is 2.78 bits per heavy atom. The lowest BCUT2D eigenvalue weighted by molar-refractivity contribution is -0.894. The highest BCUT2D eigenvalue weighted by Gasteiger charge is 2.19. The summed E-state index contributed by atoms with van der Waals surface area (Å²) in [4.78, 5) is 22.1. The third kappa shape index (κ3) is 5.03. The molecule has 0 radical (unpaired) electrons. The van der Waals surface area contributed by atoms with Crippen LogP contribution in [0, 0.1) is 6.92 Å². The van der Waals surface area contributed by atoms with Crippen LogP contribution in [0.25, 0.3) is 16.3 Å². The van der Waals surface area contributed by atoms with Crippen LogP contribution in [0.5, 0.6) is 0 Å². The number of thiophene rings is 1. The molecule has 27 heavy (non-hydrogen) atoms. The van der Waals surface area contributed by atoms with Crippen molar-refractivity contribution in [1.29, 1.82) is 0 Å². The van der Waals surface area contributed by atoms with Crippen molar-refractivity contribution in [3.05, 3.63) is 52.2 Å². The number of carbonyl (C=O) groups is 1. The normalized spacial score (nSPS) is 11.7. The number of rotatable bonds is 8. The number of benzene rings is 1. The van der Waals surface area contributed by atoms with E-state index in [1.807, 2.05) is 34.6 Å². The van der Waals surface area contributed by atoms with Gasteiger partial charge < -0.3 is 4.90 Å². The molecule has 0 saturated carbocycles. The molecule has 1 amide bonds. The minimum atomic E-state index is -0.00858. The van der Waals surface area contributed by atoms with Gasteiger partial charge in [-0.25, -0.2) is 4.98 Å². The molecule has 0 bridgehead atoms. The Kier molecular flexibility index (Phi) is 6.77. The second-order valence-corrected chi connectivity index (χ2v) is 8.50. The highest BCUT2D eigenvalue weighted by molar-refractivity contribution is 7.22. The number of nitrogens with one attached hydrogen (secondary N) is 1. The summed E-state index contributed by atoms with van der Waals surface area (Å²) in [5.74, 6) is -0.00858.